The van der Waals surface area contributed by atoms with Crippen LogP contribution in [-0.4, -0.2) is 17.4 Å². The van der Waals surface area contributed by atoms with Crippen LogP contribution < -0.4 is 5.32 Å². The van der Waals surface area contributed by atoms with Crippen molar-refractivity contribution in [3.05, 3.63) is 52.3 Å². The maximum Gasteiger partial charge on any atom is 0.287 e. The molecule has 0 aliphatic heterocycles. The van der Waals surface area contributed by atoms with E-state index in [1.54, 1.807) is 24.3 Å². The minimum absolute atomic E-state index is 0.0132. The molecule has 1 amide bonds. The van der Waals surface area contributed by atoms with Crippen LogP contribution >= 0.6 is 0 Å². The van der Waals surface area contributed by atoms with Crippen LogP contribution in [-0.2, 0) is 0 Å². The van der Waals surface area contributed by atoms with Crippen LogP contribution in [0.1, 0.15) is 17.5 Å². The number of nitro groups is 1. The minimum Gasteiger partial charge on any atom is -0.451 e. The molecule has 0 spiro atoms. The van der Waals surface area contributed by atoms with Crippen molar-refractivity contribution in [1.29, 1.82) is 0 Å². The van der Waals surface area contributed by atoms with Gasteiger partial charge in [0.05, 0.1) is 4.92 Å². The Morgan fingerprint density at radius 2 is 1.95 bits per heavy atom. The molecule has 0 aliphatic rings. The first kappa shape index (κ1) is 12.8. The maximum absolute atomic E-state index is 11.5. The number of nitrogens with zero attached hydrogens (tertiary/aromatic N) is 1. The fourth-order valence-corrected chi connectivity index (χ4v) is 1.61. The zero-order valence-electron chi connectivity index (χ0n) is 10.3. The van der Waals surface area contributed by atoms with Crippen LogP contribution in [0.15, 0.2) is 40.8 Å². The normalized spacial score (nSPS) is 10.2. The van der Waals surface area contributed by atoms with E-state index in [4.69, 9.17) is 4.42 Å². The average molecular weight is 260 g/mol. The van der Waals surface area contributed by atoms with E-state index in [1.807, 2.05) is 6.92 Å². The van der Waals surface area contributed by atoms with Gasteiger partial charge in [-0.3, -0.25) is 14.9 Å². The van der Waals surface area contributed by atoms with Crippen LogP contribution in [0.5, 0.6) is 0 Å². The number of nitro benzene ring substituents is 1. The number of rotatable bonds is 4. The molecular formula is C13H12N2O4. The number of furan rings is 1. The first-order chi connectivity index (χ1) is 9.11. The van der Waals surface area contributed by atoms with Crippen molar-refractivity contribution in [2.24, 2.45) is 0 Å². The van der Waals surface area contributed by atoms with Gasteiger partial charge in [-0.05, 0) is 31.2 Å². The third-order valence-electron chi connectivity index (χ3n) is 2.53. The van der Waals surface area contributed by atoms with E-state index in [2.05, 4.69) is 5.32 Å². The first-order valence-corrected chi connectivity index (χ1v) is 5.74. The van der Waals surface area contributed by atoms with Crippen LogP contribution in [0.4, 0.5) is 5.69 Å². The second kappa shape index (κ2) is 5.34. The van der Waals surface area contributed by atoms with Crippen LogP contribution in [0.3, 0.4) is 0 Å². The van der Waals surface area contributed by atoms with Crippen molar-refractivity contribution < 1.29 is 14.1 Å². The molecule has 1 heterocycles. The number of carbonyl (C=O) groups excluding carboxylic acids is 1. The van der Waals surface area contributed by atoms with Gasteiger partial charge in [-0.2, -0.15) is 0 Å². The lowest BCUT2D eigenvalue weighted by atomic mass is 10.1. The molecule has 0 unspecified atom stereocenters. The molecule has 0 saturated heterocycles. The van der Waals surface area contributed by atoms with Crippen LogP contribution in [0.25, 0.3) is 11.3 Å². The summed E-state index contributed by atoms with van der Waals surface area (Å²) < 4.78 is 5.40. The van der Waals surface area contributed by atoms with Crippen LogP contribution in [0, 0.1) is 10.1 Å². The summed E-state index contributed by atoms with van der Waals surface area (Å²) in [4.78, 5) is 21.6. The van der Waals surface area contributed by atoms with Gasteiger partial charge >= 0.3 is 0 Å². The molecule has 1 N–H and O–H groups in total. The molecule has 0 radical (unpaired) electrons. The van der Waals surface area contributed by atoms with Gasteiger partial charge < -0.3 is 9.73 Å². The number of nitrogens with one attached hydrogen (secondary N) is 1. The Kier molecular flexibility index (Phi) is 3.61. The first-order valence-electron chi connectivity index (χ1n) is 5.74. The molecule has 6 heteroatoms. The van der Waals surface area contributed by atoms with E-state index < -0.39 is 4.92 Å². The van der Waals surface area contributed by atoms with E-state index >= 15 is 0 Å². The fourth-order valence-electron chi connectivity index (χ4n) is 1.61. The highest BCUT2D eigenvalue weighted by Gasteiger charge is 2.12. The molecule has 0 bridgehead atoms. The van der Waals surface area contributed by atoms with Crippen molar-refractivity contribution in [1.82, 2.24) is 5.32 Å². The smallest absolute Gasteiger partial charge is 0.287 e. The summed E-state index contributed by atoms with van der Waals surface area (Å²) in [5.41, 5.74) is 0.695. The van der Waals surface area contributed by atoms with Crippen molar-refractivity contribution in [2.45, 2.75) is 6.92 Å². The SMILES string of the molecule is CCNC(=O)c1ccc(-c2ccc([N+](=O)[O-])cc2)o1. The van der Waals surface area contributed by atoms with Crippen LogP contribution in [0.2, 0.25) is 0 Å². The Balaban J connectivity index is 2.23. The topological polar surface area (TPSA) is 85.4 Å². The molecule has 2 rings (SSSR count). The van der Waals surface area contributed by atoms with E-state index in [0.717, 1.165) is 0 Å². The summed E-state index contributed by atoms with van der Waals surface area (Å²) in [5.74, 6) is 0.432. The van der Waals surface area contributed by atoms with Crippen molar-refractivity contribution in [3.8, 4) is 11.3 Å². The van der Waals surface area contributed by atoms with E-state index in [9.17, 15) is 14.9 Å². The number of carbonyl (C=O) groups is 1. The molecule has 0 aliphatic carbocycles. The lowest BCUT2D eigenvalue weighted by Crippen LogP contribution is -2.21. The maximum atomic E-state index is 11.5. The summed E-state index contributed by atoms with van der Waals surface area (Å²) in [5, 5.41) is 13.2. The number of hydrogen-bond donors (Lipinski definition) is 1. The molecule has 2 aromatic rings. The van der Waals surface area contributed by atoms with Crippen molar-refractivity contribution in [2.75, 3.05) is 6.54 Å². The predicted molar refractivity (Wildman–Crippen MR) is 68.8 cm³/mol. The molecule has 98 valence electrons. The molecule has 0 atom stereocenters. The Hall–Kier alpha value is -2.63. The predicted octanol–water partition coefficient (Wildman–Crippen LogP) is 2.60. The monoisotopic (exact) mass is 260 g/mol. The summed E-state index contributed by atoms with van der Waals surface area (Å²) in [6.45, 7) is 2.34. The van der Waals surface area contributed by atoms with Gasteiger partial charge in [-0.1, -0.05) is 0 Å². The molecule has 0 fully saturated rings. The summed E-state index contributed by atoms with van der Waals surface area (Å²) in [7, 11) is 0. The summed E-state index contributed by atoms with van der Waals surface area (Å²) in [6.07, 6.45) is 0. The Morgan fingerprint density at radius 3 is 2.53 bits per heavy atom. The van der Waals surface area contributed by atoms with Gasteiger partial charge in [0, 0.05) is 24.2 Å². The molecule has 0 saturated carbocycles. The van der Waals surface area contributed by atoms with Gasteiger partial charge in [0.15, 0.2) is 5.76 Å². The highest BCUT2D eigenvalue weighted by atomic mass is 16.6. The molecule has 19 heavy (non-hydrogen) atoms. The van der Waals surface area contributed by atoms with Crippen molar-refractivity contribution in [3.63, 3.8) is 0 Å². The quantitative estimate of drug-likeness (QED) is 0.676. The van der Waals surface area contributed by atoms with Gasteiger partial charge in [0.2, 0.25) is 0 Å². The zero-order valence-corrected chi connectivity index (χ0v) is 10.3. The highest BCUT2D eigenvalue weighted by Crippen LogP contribution is 2.24. The van der Waals surface area contributed by atoms with Gasteiger partial charge in [-0.25, -0.2) is 0 Å². The second-order valence-corrected chi connectivity index (χ2v) is 3.83. The lowest BCUT2D eigenvalue weighted by molar-refractivity contribution is -0.384. The van der Waals surface area contributed by atoms with Gasteiger partial charge in [-0.15, -0.1) is 0 Å². The molecule has 1 aromatic heterocycles. The Bertz CT molecular complexity index is 601. The van der Waals surface area contributed by atoms with Gasteiger partial charge in [0.1, 0.15) is 5.76 Å². The third kappa shape index (κ3) is 2.79. The zero-order chi connectivity index (χ0) is 13.8. The number of non-ortho nitro benzene ring substituents is 1. The number of hydrogen-bond acceptors (Lipinski definition) is 4. The summed E-state index contributed by atoms with van der Waals surface area (Å²) in [6, 6.07) is 9.18. The number of amides is 1. The largest absolute Gasteiger partial charge is 0.451 e. The van der Waals surface area contributed by atoms with E-state index in [0.29, 0.717) is 17.9 Å². The fraction of sp³-hybridized carbons (Fsp3) is 0.154. The standard InChI is InChI=1S/C13H12N2O4/c1-2-14-13(16)12-8-7-11(19-12)9-3-5-10(6-4-9)15(17)18/h3-8H,2H2,1H3,(H,14,16). The Labute approximate surface area is 109 Å². The number of benzene rings is 1. The van der Waals surface area contributed by atoms with E-state index in [-0.39, 0.29) is 17.4 Å². The van der Waals surface area contributed by atoms with Crippen molar-refractivity contribution >= 4 is 11.6 Å². The molecule has 6 nitrogen and oxygen atoms in total. The van der Waals surface area contributed by atoms with E-state index in [1.165, 1.54) is 12.1 Å². The second-order valence-electron chi connectivity index (χ2n) is 3.83. The summed E-state index contributed by atoms with van der Waals surface area (Å²) >= 11 is 0. The minimum atomic E-state index is -0.466. The average Bonchev–Trinajstić information content (AvgIpc) is 2.89. The molecule has 1 aromatic carbocycles. The Morgan fingerprint density at radius 1 is 1.26 bits per heavy atom. The van der Waals surface area contributed by atoms with Gasteiger partial charge in [0.25, 0.3) is 11.6 Å². The molecular weight excluding hydrogens is 248 g/mol. The lowest BCUT2D eigenvalue weighted by Gasteiger charge is -1.98. The third-order valence-corrected chi connectivity index (χ3v) is 2.53. The highest BCUT2D eigenvalue weighted by molar-refractivity contribution is 5.92.